The summed E-state index contributed by atoms with van der Waals surface area (Å²) < 4.78 is 2.23. The molecule has 3 aliphatic rings. The van der Waals surface area contributed by atoms with E-state index in [-0.39, 0.29) is 30.2 Å². The molecule has 0 radical (unpaired) electrons. The van der Waals surface area contributed by atoms with Gasteiger partial charge in [-0.25, -0.2) is 4.98 Å². The maximum atomic E-state index is 13.6. The van der Waals surface area contributed by atoms with Gasteiger partial charge in [-0.3, -0.25) is 24.5 Å². The van der Waals surface area contributed by atoms with Gasteiger partial charge in [-0.2, -0.15) is 0 Å². The maximum absolute atomic E-state index is 13.6. The Morgan fingerprint density at radius 2 is 1.94 bits per heavy atom. The molecule has 1 saturated carbocycles. The predicted molar refractivity (Wildman–Crippen MR) is 127 cm³/mol. The van der Waals surface area contributed by atoms with Crippen LogP contribution in [-0.4, -0.2) is 44.1 Å². The first-order valence-corrected chi connectivity index (χ1v) is 11.9. The van der Waals surface area contributed by atoms with Crippen molar-refractivity contribution in [2.24, 2.45) is 5.73 Å². The summed E-state index contributed by atoms with van der Waals surface area (Å²) in [6.07, 6.45) is 7.74. The summed E-state index contributed by atoms with van der Waals surface area (Å²) in [5.74, 6) is -1.76. The minimum Gasteiger partial charge on any atom is -0.366 e. The highest BCUT2D eigenvalue weighted by molar-refractivity contribution is 6.07. The van der Waals surface area contributed by atoms with Gasteiger partial charge in [0.1, 0.15) is 11.7 Å². The monoisotopic (exact) mass is 471 g/mol. The first-order valence-electron chi connectivity index (χ1n) is 11.9. The Kier molecular flexibility index (Phi) is 4.77. The Hall–Kier alpha value is -4.01. The van der Waals surface area contributed by atoms with Gasteiger partial charge in [-0.15, -0.1) is 0 Å². The zero-order valence-electron chi connectivity index (χ0n) is 19.3. The molecule has 6 rings (SSSR count). The van der Waals surface area contributed by atoms with Gasteiger partial charge in [0, 0.05) is 41.4 Å². The quantitative estimate of drug-likeness (QED) is 0.565. The van der Waals surface area contributed by atoms with E-state index in [1.54, 1.807) is 18.3 Å². The lowest BCUT2D eigenvalue weighted by Crippen LogP contribution is -2.53. The number of carbonyl (C=O) groups is 4. The summed E-state index contributed by atoms with van der Waals surface area (Å²) in [5, 5.41) is 3.35. The van der Waals surface area contributed by atoms with Crippen molar-refractivity contribution in [1.29, 1.82) is 0 Å². The van der Waals surface area contributed by atoms with E-state index in [1.165, 1.54) is 17.4 Å². The van der Waals surface area contributed by atoms with Crippen LogP contribution in [0.4, 0.5) is 0 Å². The number of hydrogen-bond acceptors (Lipinski definition) is 5. The number of nitrogens with zero attached hydrogens (tertiary/aromatic N) is 3. The average molecular weight is 472 g/mol. The van der Waals surface area contributed by atoms with Crippen molar-refractivity contribution in [2.45, 2.75) is 57.2 Å². The van der Waals surface area contributed by atoms with Crippen LogP contribution in [-0.2, 0) is 9.59 Å². The van der Waals surface area contributed by atoms with Gasteiger partial charge in [0.15, 0.2) is 0 Å². The first kappa shape index (κ1) is 21.5. The van der Waals surface area contributed by atoms with Crippen molar-refractivity contribution in [3.8, 4) is 0 Å². The number of pyridine rings is 1. The molecule has 2 aliphatic heterocycles. The molecule has 1 aliphatic carbocycles. The van der Waals surface area contributed by atoms with Crippen LogP contribution in [0.3, 0.4) is 0 Å². The molecule has 4 amide bonds. The van der Waals surface area contributed by atoms with Gasteiger partial charge < -0.3 is 15.2 Å². The molecule has 2 unspecified atom stereocenters. The van der Waals surface area contributed by atoms with Crippen molar-refractivity contribution in [2.75, 3.05) is 0 Å². The second kappa shape index (κ2) is 7.76. The number of benzene rings is 1. The molecule has 1 aromatic carbocycles. The SMILES string of the molecule is Cc1cn(C2CCC2)c2ncc(C3c4cc(C(N)=O)ccc4C(=O)N3C3CCC(=O)NC3=O)cc12. The zero-order valence-corrected chi connectivity index (χ0v) is 19.3. The number of hydrogen-bond donors (Lipinski definition) is 2. The molecule has 0 bridgehead atoms. The molecule has 2 aromatic heterocycles. The summed E-state index contributed by atoms with van der Waals surface area (Å²) in [6.45, 7) is 2.04. The van der Waals surface area contributed by atoms with Crippen LogP contribution in [0.2, 0.25) is 0 Å². The molecular weight excluding hydrogens is 446 g/mol. The largest absolute Gasteiger partial charge is 0.366 e. The molecule has 0 spiro atoms. The summed E-state index contributed by atoms with van der Waals surface area (Å²) in [6, 6.07) is 5.76. The van der Waals surface area contributed by atoms with Crippen molar-refractivity contribution in [1.82, 2.24) is 19.8 Å². The van der Waals surface area contributed by atoms with Crippen LogP contribution in [0.25, 0.3) is 11.0 Å². The third kappa shape index (κ3) is 3.25. The molecule has 2 atom stereocenters. The molecule has 9 nitrogen and oxygen atoms in total. The number of fused-ring (bicyclic) bond motifs is 2. The van der Waals surface area contributed by atoms with Crippen LogP contribution in [0.5, 0.6) is 0 Å². The zero-order chi connectivity index (χ0) is 24.4. The van der Waals surface area contributed by atoms with E-state index in [0.717, 1.165) is 35.0 Å². The van der Waals surface area contributed by atoms with E-state index < -0.39 is 23.9 Å². The topological polar surface area (TPSA) is 127 Å². The lowest BCUT2D eigenvalue weighted by Gasteiger charge is -2.34. The molecule has 3 N–H and O–H groups in total. The standard InChI is InChI=1S/C26H25N5O4/c1-13-12-30(16-3-2-4-16)24-18(13)10-15(11-28-24)22-19-9-14(23(27)33)5-6-17(19)26(35)31(22)20-7-8-21(32)29-25(20)34/h5-6,9-12,16,20,22H,2-4,7-8H2,1H3,(H2,27,33)(H,29,32,34). The Labute approximate surface area is 201 Å². The minimum absolute atomic E-state index is 0.149. The number of aryl methyl sites for hydroxylation is 1. The second-order valence-corrected chi connectivity index (χ2v) is 9.69. The molecule has 2 fully saturated rings. The molecule has 4 heterocycles. The Morgan fingerprint density at radius 1 is 1.14 bits per heavy atom. The lowest BCUT2D eigenvalue weighted by atomic mass is 9.93. The van der Waals surface area contributed by atoms with Crippen LogP contribution in [0.1, 0.15) is 81.6 Å². The summed E-state index contributed by atoms with van der Waals surface area (Å²) in [4.78, 5) is 56.4. The van der Waals surface area contributed by atoms with Crippen LogP contribution >= 0.6 is 0 Å². The van der Waals surface area contributed by atoms with Gasteiger partial charge in [-0.05, 0) is 73.6 Å². The number of nitrogens with two attached hydrogens (primary N) is 1. The number of rotatable bonds is 4. The van der Waals surface area contributed by atoms with E-state index in [2.05, 4.69) is 16.1 Å². The van der Waals surface area contributed by atoms with Gasteiger partial charge >= 0.3 is 0 Å². The molecular formula is C26H25N5O4. The van der Waals surface area contributed by atoms with E-state index in [9.17, 15) is 19.2 Å². The number of piperidine rings is 1. The first-order chi connectivity index (χ1) is 16.8. The summed E-state index contributed by atoms with van der Waals surface area (Å²) in [5.41, 5.74) is 9.56. The molecule has 1 saturated heterocycles. The molecule has 178 valence electrons. The average Bonchev–Trinajstić information content (AvgIpc) is 3.26. The van der Waals surface area contributed by atoms with Gasteiger partial charge in [0.2, 0.25) is 17.7 Å². The van der Waals surface area contributed by atoms with Crippen molar-refractivity contribution >= 4 is 34.7 Å². The van der Waals surface area contributed by atoms with Crippen molar-refractivity contribution in [3.05, 3.63) is 64.5 Å². The Balaban J connectivity index is 1.50. The minimum atomic E-state index is -0.814. The fourth-order valence-corrected chi connectivity index (χ4v) is 5.55. The van der Waals surface area contributed by atoms with Gasteiger partial charge in [0.05, 0.1) is 6.04 Å². The highest BCUT2D eigenvalue weighted by Crippen LogP contribution is 2.43. The van der Waals surface area contributed by atoms with Gasteiger partial charge in [0.25, 0.3) is 5.91 Å². The summed E-state index contributed by atoms with van der Waals surface area (Å²) >= 11 is 0. The molecule has 9 heteroatoms. The fraction of sp³-hybridized carbons (Fsp3) is 0.346. The number of aromatic nitrogens is 2. The Bertz CT molecular complexity index is 1440. The smallest absolute Gasteiger partial charge is 0.255 e. The highest BCUT2D eigenvalue weighted by atomic mass is 16.2. The summed E-state index contributed by atoms with van der Waals surface area (Å²) in [7, 11) is 0. The highest BCUT2D eigenvalue weighted by Gasteiger charge is 2.46. The maximum Gasteiger partial charge on any atom is 0.255 e. The Morgan fingerprint density at radius 3 is 2.63 bits per heavy atom. The van der Waals surface area contributed by atoms with E-state index in [0.29, 0.717) is 17.2 Å². The van der Waals surface area contributed by atoms with Crippen LogP contribution < -0.4 is 11.1 Å². The molecule has 3 aromatic rings. The number of carbonyl (C=O) groups excluding carboxylic acids is 4. The second-order valence-electron chi connectivity index (χ2n) is 9.69. The third-order valence-electron chi connectivity index (χ3n) is 7.59. The lowest BCUT2D eigenvalue weighted by molar-refractivity contribution is -0.137. The van der Waals surface area contributed by atoms with Crippen molar-refractivity contribution in [3.63, 3.8) is 0 Å². The number of nitrogens with one attached hydrogen (secondary N) is 1. The van der Waals surface area contributed by atoms with Crippen LogP contribution in [0, 0.1) is 6.92 Å². The molecule has 35 heavy (non-hydrogen) atoms. The van der Waals surface area contributed by atoms with E-state index in [1.807, 2.05) is 13.0 Å². The third-order valence-corrected chi connectivity index (χ3v) is 7.59. The van der Waals surface area contributed by atoms with Gasteiger partial charge in [-0.1, -0.05) is 0 Å². The number of primary amides is 1. The predicted octanol–water partition coefficient (Wildman–Crippen LogP) is 2.52. The van der Waals surface area contributed by atoms with E-state index in [4.69, 9.17) is 10.7 Å². The number of amides is 4. The normalized spacial score (nSPS) is 22.3. The van der Waals surface area contributed by atoms with E-state index >= 15 is 0 Å². The number of imide groups is 1. The van der Waals surface area contributed by atoms with Crippen LogP contribution in [0.15, 0.2) is 36.7 Å². The van der Waals surface area contributed by atoms with Crippen molar-refractivity contribution < 1.29 is 19.2 Å². The fourth-order valence-electron chi connectivity index (χ4n) is 5.55.